The number of carbonyl (C=O) groups is 2. The second-order valence-corrected chi connectivity index (χ2v) is 25.6. The Kier molecular flexibility index (Phi) is 68.9. The first-order valence-electron chi connectivity index (χ1n) is 37.0. The minimum Gasteiger partial charge on any atom is -0.466 e. The first kappa shape index (κ1) is 78.6. The molecule has 0 saturated carbocycles. The number of hydrogen-bond donors (Lipinski definition) is 3. The van der Waals surface area contributed by atoms with Crippen molar-refractivity contribution >= 4 is 11.9 Å². The lowest BCUT2D eigenvalue weighted by atomic mass is 10.0. The Hall–Kier alpha value is -1.40. The van der Waals surface area contributed by atoms with Crippen LogP contribution < -0.4 is 5.32 Å². The number of nitrogens with one attached hydrogen (secondary N) is 1. The summed E-state index contributed by atoms with van der Waals surface area (Å²) in [6.45, 7) is 4.96. The monoisotopic (exact) mass is 1130 g/mol. The lowest BCUT2D eigenvalue weighted by molar-refractivity contribution is -0.143. The molecule has 0 fully saturated rings. The van der Waals surface area contributed by atoms with E-state index in [1.807, 2.05) is 6.08 Å². The first-order valence-corrected chi connectivity index (χ1v) is 37.0. The maximum atomic E-state index is 12.5. The Morgan fingerprint density at radius 2 is 0.575 bits per heavy atom. The summed E-state index contributed by atoms with van der Waals surface area (Å²) in [6.07, 6.45) is 87.3. The van der Waals surface area contributed by atoms with E-state index in [9.17, 15) is 19.8 Å². The van der Waals surface area contributed by atoms with E-state index < -0.39 is 12.1 Å². The van der Waals surface area contributed by atoms with Crippen LogP contribution in [0.25, 0.3) is 0 Å². The van der Waals surface area contributed by atoms with E-state index in [1.165, 1.54) is 360 Å². The van der Waals surface area contributed by atoms with Gasteiger partial charge in [0.25, 0.3) is 0 Å². The minimum absolute atomic E-state index is 0.0192. The molecule has 6 heteroatoms. The van der Waals surface area contributed by atoms with Crippen LogP contribution in [0.15, 0.2) is 12.2 Å². The van der Waals surface area contributed by atoms with Crippen molar-refractivity contribution in [1.29, 1.82) is 0 Å². The highest BCUT2D eigenvalue weighted by Crippen LogP contribution is 2.20. The van der Waals surface area contributed by atoms with Crippen molar-refractivity contribution in [1.82, 2.24) is 5.32 Å². The summed E-state index contributed by atoms with van der Waals surface area (Å²) >= 11 is 0. The highest BCUT2D eigenvalue weighted by molar-refractivity contribution is 5.76. The van der Waals surface area contributed by atoms with Crippen molar-refractivity contribution < 1.29 is 24.5 Å². The summed E-state index contributed by atoms with van der Waals surface area (Å²) in [4.78, 5) is 24.6. The summed E-state index contributed by atoms with van der Waals surface area (Å²) in [5.74, 6) is -0.0430. The Morgan fingerprint density at radius 3 is 0.850 bits per heavy atom. The number of aliphatic hydroxyl groups excluding tert-OH is 2. The van der Waals surface area contributed by atoms with Crippen LogP contribution in [0.1, 0.15) is 425 Å². The van der Waals surface area contributed by atoms with Crippen molar-refractivity contribution in [2.75, 3.05) is 13.2 Å². The maximum absolute atomic E-state index is 12.5. The Morgan fingerprint density at radius 1 is 0.338 bits per heavy atom. The molecule has 2 unspecified atom stereocenters. The molecule has 0 saturated heterocycles. The number of aliphatic hydroxyl groups is 2. The predicted molar refractivity (Wildman–Crippen MR) is 352 cm³/mol. The second kappa shape index (κ2) is 70.1. The fourth-order valence-electron chi connectivity index (χ4n) is 11.9. The molecular weight excluding hydrogens is 983 g/mol. The minimum atomic E-state index is -0.845. The quantitative estimate of drug-likeness (QED) is 0.0320. The third kappa shape index (κ3) is 65.7. The Balaban J connectivity index is 3.38. The normalized spacial score (nSPS) is 12.5. The van der Waals surface area contributed by atoms with Crippen LogP contribution in [-0.4, -0.2) is 47.4 Å². The number of esters is 1. The molecule has 0 aliphatic carbocycles. The molecule has 0 aromatic heterocycles. The van der Waals surface area contributed by atoms with Gasteiger partial charge in [-0.2, -0.15) is 0 Å². The molecule has 0 aromatic carbocycles. The van der Waals surface area contributed by atoms with E-state index in [0.717, 1.165) is 38.5 Å². The molecule has 1 amide bonds. The zero-order valence-corrected chi connectivity index (χ0v) is 54.6. The molecular formula is C74H145NO5. The third-order valence-corrected chi connectivity index (χ3v) is 17.6. The predicted octanol–water partition coefficient (Wildman–Crippen LogP) is 23.9. The fraction of sp³-hybridized carbons (Fsp3) is 0.946. The van der Waals surface area contributed by atoms with Crippen LogP contribution in [-0.2, 0) is 14.3 Å². The van der Waals surface area contributed by atoms with Gasteiger partial charge in [-0.1, -0.05) is 392 Å². The van der Waals surface area contributed by atoms with Crippen LogP contribution >= 0.6 is 0 Å². The van der Waals surface area contributed by atoms with Gasteiger partial charge in [-0.05, 0) is 32.1 Å². The van der Waals surface area contributed by atoms with Crippen molar-refractivity contribution in [3.63, 3.8) is 0 Å². The summed E-state index contributed by atoms with van der Waals surface area (Å²) in [5.41, 5.74) is 0. The van der Waals surface area contributed by atoms with Crippen LogP contribution in [0, 0.1) is 0 Å². The number of rotatable bonds is 70. The topological polar surface area (TPSA) is 95.9 Å². The van der Waals surface area contributed by atoms with Gasteiger partial charge in [0.2, 0.25) is 5.91 Å². The van der Waals surface area contributed by atoms with Gasteiger partial charge in [-0.25, -0.2) is 0 Å². The third-order valence-electron chi connectivity index (χ3n) is 17.6. The fourth-order valence-corrected chi connectivity index (χ4v) is 11.9. The van der Waals surface area contributed by atoms with E-state index in [0.29, 0.717) is 19.4 Å². The van der Waals surface area contributed by atoms with Crippen LogP contribution in [0.2, 0.25) is 0 Å². The van der Waals surface area contributed by atoms with Gasteiger partial charge in [-0.3, -0.25) is 9.59 Å². The Labute approximate surface area is 501 Å². The lowest BCUT2D eigenvalue weighted by Crippen LogP contribution is -2.45. The lowest BCUT2D eigenvalue weighted by Gasteiger charge is -2.20. The molecule has 6 nitrogen and oxygen atoms in total. The van der Waals surface area contributed by atoms with Crippen LogP contribution in [0.4, 0.5) is 0 Å². The smallest absolute Gasteiger partial charge is 0.305 e. The molecule has 2 atom stereocenters. The summed E-state index contributed by atoms with van der Waals surface area (Å²) in [7, 11) is 0. The molecule has 0 radical (unpaired) electrons. The summed E-state index contributed by atoms with van der Waals surface area (Å²) < 4.78 is 5.51. The number of unbranched alkanes of at least 4 members (excludes halogenated alkanes) is 59. The highest BCUT2D eigenvalue weighted by atomic mass is 16.5. The zero-order chi connectivity index (χ0) is 57.8. The molecule has 0 heterocycles. The average molecular weight is 1130 g/mol. The molecule has 0 aliphatic heterocycles. The molecule has 3 N–H and O–H groups in total. The van der Waals surface area contributed by atoms with Crippen molar-refractivity contribution in [3.8, 4) is 0 Å². The van der Waals surface area contributed by atoms with Gasteiger partial charge < -0.3 is 20.3 Å². The average Bonchev–Trinajstić information content (AvgIpc) is 3.46. The van der Waals surface area contributed by atoms with Gasteiger partial charge in [0.1, 0.15) is 0 Å². The zero-order valence-electron chi connectivity index (χ0n) is 54.6. The van der Waals surface area contributed by atoms with Crippen molar-refractivity contribution in [2.24, 2.45) is 0 Å². The van der Waals surface area contributed by atoms with E-state index in [2.05, 4.69) is 19.2 Å². The molecule has 476 valence electrons. The van der Waals surface area contributed by atoms with E-state index >= 15 is 0 Å². The van der Waals surface area contributed by atoms with E-state index in [4.69, 9.17) is 4.74 Å². The van der Waals surface area contributed by atoms with Gasteiger partial charge in [0, 0.05) is 12.8 Å². The van der Waals surface area contributed by atoms with E-state index in [1.54, 1.807) is 6.08 Å². The molecule has 0 aliphatic rings. The standard InChI is InChI=1S/C74H145NO5/c1-3-5-7-9-11-13-15-17-19-21-22-23-25-28-31-35-38-42-46-50-54-58-62-66-72(77)71(70-76)75-73(78)67-63-59-55-51-47-43-39-36-32-29-26-24-27-30-33-37-41-45-49-53-57-61-65-69-80-74(79)68-64-60-56-52-48-44-40-34-20-18-16-14-12-10-8-6-4-2/h62,66,71-72,76-77H,3-61,63-65,67-70H2,1-2H3,(H,75,78)/b66-62+. The number of hydrogen-bond acceptors (Lipinski definition) is 5. The van der Waals surface area contributed by atoms with E-state index in [-0.39, 0.29) is 18.5 Å². The number of allylic oxidation sites excluding steroid dienone is 1. The molecule has 0 aromatic rings. The molecule has 0 rings (SSSR count). The van der Waals surface area contributed by atoms with Gasteiger partial charge in [-0.15, -0.1) is 0 Å². The van der Waals surface area contributed by atoms with Crippen molar-refractivity contribution in [3.05, 3.63) is 12.2 Å². The number of carbonyl (C=O) groups excluding carboxylic acids is 2. The van der Waals surface area contributed by atoms with Gasteiger partial charge in [0.05, 0.1) is 25.4 Å². The number of ether oxygens (including phenoxy) is 1. The Bertz CT molecular complexity index is 1210. The van der Waals surface area contributed by atoms with Crippen LogP contribution in [0.3, 0.4) is 0 Å². The van der Waals surface area contributed by atoms with Crippen LogP contribution in [0.5, 0.6) is 0 Å². The SMILES string of the molecule is CCCCCCCCCCCCCCCCCCCCCCC/C=C/C(O)C(CO)NC(=O)CCCCCCCCCCCCCCCCCCCCCCCCCOC(=O)CCCCCCCCCCCCCCCCCCC. The maximum Gasteiger partial charge on any atom is 0.305 e. The first-order chi connectivity index (χ1) is 39.5. The van der Waals surface area contributed by atoms with Crippen molar-refractivity contribution in [2.45, 2.75) is 437 Å². The largest absolute Gasteiger partial charge is 0.466 e. The van der Waals surface area contributed by atoms with Gasteiger partial charge >= 0.3 is 5.97 Å². The highest BCUT2D eigenvalue weighted by Gasteiger charge is 2.18. The molecule has 0 bridgehead atoms. The summed E-state index contributed by atoms with van der Waals surface area (Å²) in [5, 5.41) is 23.3. The van der Waals surface area contributed by atoms with Gasteiger partial charge in [0.15, 0.2) is 0 Å². The molecule has 80 heavy (non-hydrogen) atoms. The molecule has 0 spiro atoms. The number of amides is 1. The second-order valence-electron chi connectivity index (χ2n) is 25.6. The summed E-state index contributed by atoms with van der Waals surface area (Å²) in [6, 6.07) is -0.628.